The van der Waals surface area contributed by atoms with Gasteiger partial charge in [-0.3, -0.25) is 5.26 Å². The van der Waals surface area contributed by atoms with Gasteiger partial charge >= 0.3 is 12.3 Å². The summed E-state index contributed by atoms with van der Waals surface area (Å²) >= 11 is 0. The zero-order chi connectivity index (χ0) is 7.49. The smallest absolute Gasteiger partial charge is 0.252 e. The van der Waals surface area contributed by atoms with E-state index >= 15 is 0 Å². The minimum atomic E-state index is -4.26. The topological polar surface area (TPSA) is 29.5 Å². The van der Waals surface area contributed by atoms with Crippen molar-refractivity contribution in [3.05, 3.63) is 0 Å². The first-order valence-corrected chi connectivity index (χ1v) is 1.93. The van der Waals surface area contributed by atoms with Gasteiger partial charge in [-0.15, -0.1) is 0 Å². The first kappa shape index (κ1) is 8.64. The molecule has 0 saturated heterocycles. The van der Waals surface area contributed by atoms with Gasteiger partial charge in [-0.05, 0) is 0 Å². The number of hydrogen-bond donors (Lipinski definition) is 1. The molecule has 0 aromatic rings. The molecule has 0 saturated carbocycles. The lowest BCUT2D eigenvalue weighted by Gasteiger charge is -2.11. The maximum absolute atomic E-state index is 11.5. The van der Waals surface area contributed by atoms with Crippen LogP contribution in [0.1, 0.15) is 0 Å². The first-order chi connectivity index (χ1) is 4.00. The minimum absolute atomic E-state index is 1.68. The Morgan fingerprint density at radius 3 is 2.00 bits per heavy atom. The normalized spacial score (nSPS) is 12.7. The van der Waals surface area contributed by atoms with E-state index < -0.39 is 19.0 Å². The predicted octanol–water partition coefficient (Wildman–Crippen LogP) is 1.38. The van der Waals surface area contributed by atoms with Crippen LogP contribution in [0.25, 0.3) is 0 Å². The Morgan fingerprint density at radius 1 is 1.44 bits per heavy atom. The van der Waals surface area contributed by atoms with E-state index in [-0.39, 0.29) is 0 Å². The molecule has 9 heavy (non-hydrogen) atoms. The van der Waals surface area contributed by atoms with Gasteiger partial charge in [0.15, 0.2) is 6.61 Å². The average molecular weight is 148 g/mol. The van der Waals surface area contributed by atoms with Crippen molar-refractivity contribution in [1.82, 2.24) is 0 Å². The van der Waals surface area contributed by atoms with Crippen LogP contribution in [0.2, 0.25) is 0 Å². The van der Waals surface area contributed by atoms with Crippen molar-refractivity contribution in [2.24, 2.45) is 0 Å². The lowest BCUT2D eigenvalue weighted by molar-refractivity contribution is -0.297. The SMILES string of the molecule is OOCC(F)(F)C(F)F. The van der Waals surface area contributed by atoms with E-state index in [9.17, 15) is 17.6 Å². The second-order valence-corrected chi connectivity index (χ2v) is 1.34. The molecule has 0 bridgehead atoms. The van der Waals surface area contributed by atoms with Crippen molar-refractivity contribution in [3.8, 4) is 0 Å². The van der Waals surface area contributed by atoms with E-state index in [0.717, 1.165) is 0 Å². The number of halogens is 4. The summed E-state index contributed by atoms with van der Waals surface area (Å²) in [6.07, 6.45) is -3.80. The van der Waals surface area contributed by atoms with Crippen LogP contribution in [0.5, 0.6) is 0 Å². The second-order valence-electron chi connectivity index (χ2n) is 1.34. The summed E-state index contributed by atoms with van der Waals surface area (Å²) in [4.78, 5) is 2.84. The highest BCUT2D eigenvalue weighted by Crippen LogP contribution is 2.22. The van der Waals surface area contributed by atoms with Gasteiger partial charge in [-0.25, -0.2) is 13.7 Å². The average Bonchev–Trinajstić information content (AvgIpc) is 1.65. The summed E-state index contributed by atoms with van der Waals surface area (Å²) in [5, 5.41) is 7.34. The lowest BCUT2D eigenvalue weighted by Crippen LogP contribution is -2.31. The van der Waals surface area contributed by atoms with Crippen molar-refractivity contribution in [1.29, 1.82) is 0 Å². The molecular weight excluding hydrogens is 144 g/mol. The molecule has 0 aliphatic heterocycles. The third-order valence-corrected chi connectivity index (χ3v) is 0.576. The van der Waals surface area contributed by atoms with Gasteiger partial charge in [0.1, 0.15) is 0 Å². The first-order valence-electron chi connectivity index (χ1n) is 1.93. The Morgan fingerprint density at radius 2 is 1.89 bits per heavy atom. The minimum Gasteiger partial charge on any atom is -0.252 e. The molecule has 0 heterocycles. The van der Waals surface area contributed by atoms with Crippen LogP contribution in [-0.2, 0) is 4.89 Å². The fraction of sp³-hybridized carbons (Fsp3) is 1.00. The molecule has 0 amide bonds. The fourth-order valence-electron chi connectivity index (χ4n) is 0.149. The van der Waals surface area contributed by atoms with Crippen LogP contribution in [0.3, 0.4) is 0 Å². The van der Waals surface area contributed by atoms with Crippen LogP contribution in [0, 0.1) is 0 Å². The highest BCUT2D eigenvalue weighted by molar-refractivity contribution is 4.66. The number of rotatable bonds is 3. The fourth-order valence-corrected chi connectivity index (χ4v) is 0.149. The van der Waals surface area contributed by atoms with E-state index in [1.807, 2.05) is 0 Å². The summed E-state index contributed by atoms with van der Waals surface area (Å²) in [5.41, 5.74) is 0. The van der Waals surface area contributed by atoms with Gasteiger partial charge in [0.05, 0.1) is 0 Å². The van der Waals surface area contributed by atoms with Gasteiger partial charge < -0.3 is 0 Å². The largest absolute Gasteiger partial charge is 0.333 e. The molecule has 0 aromatic carbocycles. The van der Waals surface area contributed by atoms with E-state index in [1.165, 1.54) is 0 Å². The molecule has 0 aliphatic carbocycles. The highest BCUT2D eigenvalue weighted by Gasteiger charge is 2.41. The van der Waals surface area contributed by atoms with E-state index in [0.29, 0.717) is 0 Å². The third kappa shape index (κ3) is 2.62. The Hall–Kier alpha value is -0.360. The molecule has 0 unspecified atom stereocenters. The Labute approximate surface area is 48.0 Å². The van der Waals surface area contributed by atoms with Crippen molar-refractivity contribution in [2.75, 3.05) is 6.61 Å². The summed E-state index contributed by atoms with van der Waals surface area (Å²) in [6.45, 7) is -1.68. The summed E-state index contributed by atoms with van der Waals surface area (Å²) < 4.78 is 45.1. The van der Waals surface area contributed by atoms with Gasteiger partial charge in [-0.2, -0.15) is 8.78 Å². The van der Waals surface area contributed by atoms with Crippen molar-refractivity contribution < 1.29 is 27.7 Å². The predicted molar refractivity (Wildman–Crippen MR) is 19.5 cm³/mol. The molecule has 0 spiro atoms. The van der Waals surface area contributed by atoms with Crippen LogP contribution >= 0.6 is 0 Å². The summed E-state index contributed by atoms with van der Waals surface area (Å²) in [6, 6.07) is 0. The Kier molecular flexibility index (Phi) is 2.86. The molecule has 0 aliphatic rings. The van der Waals surface area contributed by atoms with Crippen LogP contribution in [-0.4, -0.2) is 24.2 Å². The highest BCUT2D eigenvalue weighted by atomic mass is 19.3. The van der Waals surface area contributed by atoms with Crippen molar-refractivity contribution >= 4 is 0 Å². The zero-order valence-electron chi connectivity index (χ0n) is 4.15. The molecule has 0 aromatic heterocycles. The Balaban J connectivity index is 3.70. The van der Waals surface area contributed by atoms with Gasteiger partial charge in [0.25, 0.3) is 0 Å². The second kappa shape index (κ2) is 2.98. The molecule has 0 radical (unpaired) electrons. The molecule has 2 nitrogen and oxygen atoms in total. The lowest BCUT2D eigenvalue weighted by atomic mass is 10.4. The van der Waals surface area contributed by atoms with Gasteiger partial charge in [-0.1, -0.05) is 0 Å². The quantitative estimate of drug-likeness (QED) is 0.372. The standard InChI is InChI=1S/C3H4F4O2/c4-2(5)3(6,7)1-9-8/h2,8H,1H2. The summed E-state index contributed by atoms with van der Waals surface area (Å²) in [7, 11) is 0. The maximum Gasteiger partial charge on any atom is 0.333 e. The number of hydrogen-bond acceptors (Lipinski definition) is 2. The number of alkyl halides is 4. The van der Waals surface area contributed by atoms with E-state index in [2.05, 4.69) is 4.89 Å². The maximum atomic E-state index is 11.5. The Bertz CT molecular complexity index is 83.9. The van der Waals surface area contributed by atoms with Crippen LogP contribution in [0.4, 0.5) is 17.6 Å². The molecule has 6 heteroatoms. The molecule has 0 fully saturated rings. The van der Waals surface area contributed by atoms with Crippen molar-refractivity contribution in [3.63, 3.8) is 0 Å². The third-order valence-electron chi connectivity index (χ3n) is 0.576. The van der Waals surface area contributed by atoms with E-state index in [1.54, 1.807) is 0 Å². The van der Waals surface area contributed by atoms with Gasteiger partial charge in [0.2, 0.25) is 0 Å². The van der Waals surface area contributed by atoms with E-state index in [4.69, 9.17) is 5.26 Å². The zero-order valence-corrected chi connectivity index (χ0v) is 4.15. The van der Waals surface area contributed by atoms with Crippen molar-refractivity contribution in [2.45, 2.75) is 12.3 Å². The summed E-state index contributed by atoms with van der Waals surface area (Å²) in [5.74, 6) is -4.26. The van der Waals surface area contributed by atoms with Gasteiger partial charge in [0, 0.05) is 0 Å². The molecule has 0 rings (SSSR count). The monoisotopic (exact) mass is 148 g/mol. The van der Waals surface area contributed by atoms with Crippen LogP contribution in [0.15, 0.2) is 0 Å². The molecule has 0 atom stereocenters. The molecule has 56 valence electrons. The molecule has 1 N–H and O–H groups in total. The van der Waals surface area contributed by atoms with Crippen LogP contribution < -0.4 is 0 Å². The molecular formula is C3H4F4O2.